The number of nitrogens with one attached hydrogen (secondary N) is 1. The second-order valence-corrected chi connectivity index (χ2v) is 6.13. The van der Waals surface area contributed by atoms with Gasteiger partial charge in [0.25, 0.3) is 0 Å². The maximum absolute atomic E-state index is 5.93. The topological polar surface area (TPSA) is 43.4 Å². The SMILES string of the molecule is CCOc1cc(CNc2ccccn2)ccc1OCc1ccc(Cl)cc1. The third-order valence-electron chi connectivity index (χ3n) is 3.75. The van der Waals surface area contributed by atoms with Crippen molar-refractivity contribution in [1.29, 1.82) is 0 Å². The second kappa shape index (κ2) is 9.11. The molecule has 0 unspecified atom stereocenters. The highest BCUT2D eigenvalue weighted by Crippen LogP contribution is 2.29. The molecule has 2 aromatic carbocycles. The second-order valence-electron chi connectivity index (χ2n) is 5.70. The van der Waals surface area contributed by atoms with Crippen molar-refractivity contribution in [1.82, 2.24) is 4.98 Å². The molecule has 0 amide bonds. The Morgan fingerprint density at radius 3 is 2.46 bits per heavy atom. The molecule has 1 heterocycles. The van der Waals surface area contributed by atoms with Crippen LogP contribution in [-0.2, 0) is 13.2 Å². The van der Waals surface area contributed by atoms with Gasteiger partial charge in [-0.25, -0.2) is 4.98 Å². The lowest BCUT2D eigenvalue weighted by atomic mass is 10.2. The van der Waals surface area contributed by atoms with Crippen LogP contribution >= 0.6 is 11.6 Å². The van der Waals surface area contributed by atoms with Crippen LogP contribution in [0.1, 0.15) is 18.1 Å². The first-order valence-electron chi connectivity index (χ1n) is 8.52. The number of aromatic nitrogens is 1. The Balaban J connectivity index is 1.66. The fourth-order valence-corrected chi connectivity index (χ4v) is 2.58. The molecule has 0 atom stereocenters. The molecule has 1 aromatic heterocycles. The van der Waals surface area contributed by atoms with Gasteiger partial charge in [0.1, 0.15) is 12.4 Å². The molecule has 5 heteroatoms. The van der Waals surface area contributed by atoms with E-state index in [9.17, 15) is 0 Å². The summed E-state index contributed by atoms with van der Waals surface area (Å²) >= 11 is 5.92. The van der Waals surface area contributed by atoms with Crippen molar-refractivity contribution in [3.63, 3.8) is 0 Å². The van der Waals surface area contributed by atoms with Crippen LogP contribution in [0.5, 0.6) is 11.5 Å². The Morgan fingerprint density at radius 2 is 1.73 bits per heavy atom. The molecule has 0 saturated carbocycles. The Hall–Kier alpha value is -2.72. The molecule has 0 aliphatic carbocycles. The fourth-order valence-electron chi connectivity index (χ4n) is 2.45. The van der Waals surface area contributed by atoms with Crippen molar-refractivity contribution < 1.29 is 9.47 Å². The number of rotatable bonds is 8. The van der Waals surface area contributed by atoms with E-state index < -0.39 is 0 Å². The summed E-state index contributed by atoms with van der Waals surface area (Å²) in [5, 5.41) is 4.01. The number of hydrogen-bond acceptors (Lipinski definition) is 4. The summed E-state index contributed by atoms with van der Waals surface area (Å²) in [4.78, 5) is 4.26. The number of anilines is 1. The van der Waals surface area contributed by atoms with Gasteiger partial charge in [0, 0.05) is 17.8 Å². The number of halogens is 1. The van der Waals surface area contributed by atoms with E-state index in [1.165, 1.54) is 0 Å². The van der Waals surface area contributed by atoms with Gasteiger partial charge in [0.2, 0.25) is 0 Å². The molecule has 0 spiro atoms. The van der Waals surface area contributed by atoms with Crippen LogP contribution in [0.4, 0.5) is 5.82 Å². The highest BCUT2D eigenvalue weighted by molar-refractivity contribution is 6.30. The lowest BCUT2D eigenvalue weighted by molar-refractivity contribution is 0.269. The van der Waals surface area contributed by atoms with Gasteiger partial charge in [0.05, 0.1) is 6.61 Å². The quantitative estimate of drug-likeness (QED) is 0.584. The minimum absolute atomic E-state index is 0.461. The average Bonchev–Trinajstić information content (AvgIpc) is 2.68. The van der Waals surface area contributed by atoms with Gasteiger partial charge in [-0.05, 0) is 54.4 Å². The van der Waals surface area contributed by atoms with Crippen molar-refractivity contribution in [3.8, 4) is 11.5 Å². The molecule has 134 valence electrons. The molecule has 0 radical (unpaired) electrons. The van der Waals surface area contributed by atoms with Gasteiger partial charge in [0.15, 0.2) is 11.5 Å². The highest BCUT2D eigenvalue weighted by atomic mass is 35.5. The minimum Gasteiger partial charge on any atom is -0.490 e. The fraction of sp³-hybridized carbons (Fsp3) is 0.190. The van der Waals surface area contributed by atoms with Crippen molar-refractivity contribution >= 4 is 17.4 Å². The number of pyridine rings is 1. The first kappa shape index (κ1) is 18.1. The van der Waals surface area contributed by atoms with Crippen LogP contribution in [-0.4, -0.2) is 11.6 Å². The van der Waals surface area contributed by atoms with Gasteiger partial charge in [-0.1, -0.05) is 35.9 Å². The summed E-state index contributed by atoms with van der Waals surface area (Å²) < 4.78 is 11.7. The maximum Gasteiger partial charge on any atom is 0.161 e. The van der Waals surface area contributed by atoms with Crippen LogP contribution in [0.15, 0.2) is 66.9 Å². The molecule has 0 aliphatic heterocycles. The normalized spacial score (nSPS) is 10.4. The Kier molecular flexibility index (Phi) is 6.34. The maximum atomic E-state index is 5.93. The Morgan fingerprint density at radius 1 is 0.923 bits per heavy atom. The monoisotopic (exact) mass is 368 g/mol. The predicted octanol–water partition coefficient (Wildman–Crippen LogP) is 5.32. The van der Waals surface area contributed by atoms with Gasteiger partial charge in [-0.3, -0.25) is 0 Å². The van der Waals surface area contributed by atoms with E-state index in [0.717, 1.165) is 28.4 Å². The van der Waals surface area contributed by atoms with E-state index in [1.54, 1.807) is 6.20 Å². The first-order valence-corrected chi connectivity index (χ1v) is 8.90. The van der Waals surface area contributed by atoms with E-state index in [4.69, 9.17) is 21.1 Å². The number of ether oxygens (including phenoxy) is 2. The van der Waals surface area contributed by atoms with Crippen molar-refractivity contribution in [2.45, 2.75) is 20.1 Å². The molecule has 3 aromatic rings. The Bertz CT molecular complexity index is 823. The van der Waals surface area contributed by atoms with Gasteiger partial charge < -0.3 is 14.8 Å². The molecule has 0 fully saturated rings. The Labute approximate surface area is 158 Å². The predicted molar refractivity (Wildman–Crippen MR) is 105 cm³/mol. The molecule has 0 aliphatic rings. The molecule has 1 N–H and O–H groups in total. The molecule has 3 rings (SSSR count). The molecule has 0 saturated heterocycles. The third kappa shape index (κ3) is 5.14. The molecule has 0 bridgehead atoms. The van der Waals surface area contributed by atoms with Crippen molar-refractivity contribution in [3.05, 3.63) is 83.0 Å². The standard InChI is InChI=1S/C21H21ClN2O2/c1-2-25-20-13-17(14-24-21-5-3-4-12-23-21)8-11-19(20)26-15-16-6-9-18(22)10-7-16/h3-13H,2,14-15H2,1H3,(H,23,24). The van der Waals surface area contributed by atoms with E-state index in [1.807, 2.05) is 67.6 Å². The van der Waals surface area contributed by atoms with Gasteiger partial charge in [-0.2, -0.15) is 0 Å². The molecule has 26 heavy (non-hydrogen) atoms. The summed E-state index contributed by atoms with van der Waals surface area (Å²) in [6, 6.07) is 19.4. The third-order valence-corrected chi connectivity index (χ3v) is 4.01. The summed E-state index contributed by atoms with van der Waals surface area (Å²) in [6.45, 7) is 3.66. The van der Waals surface area contributed by atoms with Gasteiger partial charge in [-0.15, -0.1) is 0 Å². The van der Waals surface area contributed by atoms with Gasteiger partial charge >= 0.3 is 0 Å². The van der Waals surface area contributed by atoms with Crippen LogP contribution in [0.2, 0.25) is 5.02 Å². The average molecular weight is 369 g/mol. The molecule has 4 nitrogen and oxygen atoms in total. The van der Waals surface area contributed by atoms with Crippen LogP contribution < -0.4 is 14.8 Å². The largest absolute Gasteiger partial charge is 0.490 e. The molecular weight excluding hydrogens is 348 g/mol. The summed E-state index contributed by atoms with van der Waals surface area (Å²) in [5.74, 6) is 2.30. The zero-order valence-electron chi connectivity index (χ0n) is 14.6. The van der Waals surface area contributed by atoms with Crippen molar-refractivity contribution in [2.75, 3.05) is 11.9 Å². The van der Waals surface area contributed by atoms with E-state index in [2.05, 4.69) is 10.3 Å². The zero-order valence-corrected chi connectivity index (χ0v) is 15.4. The minimum atomic E-state index is 0.461. The van der Waals surface area contributed by atoms with Crippen LogP contribution in [0.25, 0.3) is 0 Å². The number of nitrogens with zero attached hydrogens (tertiary/aromatic N) is 1. The highest BCUT2D eigenvalue weighted by Gasteiger charge is 2.07. The van der Waals surface area contributed by atoms with Crippen molar-refractivity contribution in [2.24, 2.45) is 0 Å². The summed E-state index contributed by atoms with van der Waals surface area (Å²) in [7, 11) is 0. The number of benzene rings is 2. The van der Waals surface area contributed by atoms with Crippen LogP contribution in [0.3, 0.4) is 0 Å². The summed E-state index contributed by atoms with van der Waals surface area (Å²) in [5.41, 5.74) is 2.15. The van der Waals surface area contributed by atoms with E-state index >= 15 is 0 Å². The van der Waals surface area contributed by atoms with E-state index in [0.29, 0.717) is 24.8 Å². The summed E-state index contributed by atoms with van der Waals surface area (Å²) in [6.07, 6.45) is 1.77. The molecular formula is C21H21ClN2O2. The van der Waals surface area contributed by atoms with E-state index in [-0.39, 0.29) is 0 Å². The lowest BCUT2D eigenvalue weighted by Crippen LogP contribution is -2.03. The number of hydrogen-bond donors (Lipinski definition) is 1. The smallest absolute Gasteiger partial charge is 0.161 e. The zero-order chi connectivity index (χ0) is 18.2. The van der Waals surface area contributed by atoms with Crippen LogP contribution in [0, 0.1) is 0 Å². The lowest BCUT2D eigenvalue weighted by Gasteiger charge is -2.14. The first-order chi connectivity index (χ1) is 12.7.